The lowest BCUT2D eigenvalue weighted by molar-refractivity contribution is -0.127. The summed E-state index contributed by atoms with van der Waals surface area (Å²) in [5.41, 5.74) is 1.01. The summed E-state index contributed by atoms with van der Waals surface area (Å²) in [6.07, 6.45) is 5.26. The number of nitrogens with zero attached hydrogens (tertiary/aromatic N) is 3. The SMILES string of the molecule is Cc1noc([C@@H]2CCCN2C(=O)/C=C/c2ccccc2)n1. The van der Waals surface area contributed by atoms with E-state index >= 15 is 0 Å². The predicted molar refractivity (Wildman–Crippen MR) is 78.2 cm³/mol. The Morgan fingerprint density at radius 1 is 1.38 bits per heavy atom. The highest BCUT2D eigenvalue weighted by Gasteiger charge is 2.32. The highest BCUT2D eigenvalue weighted by atomic mass is 16.5. The van der Waals surface area contributed by atoms with Gasteiger partial charge in [0, 0.05) is 12.6 Å². The van der Waals surface area contributed by atoms with E-state index in [4.69, 9.17) is 4.52 Å². The van der Waals surface area contributed by atoms with Crippen LogP contribution in [0.4, 0.5) is 0 Å². The number of hydrogen-bond acceptors (Lipinski definition) is 4. The van der Waals surface area contributed by atoms with Crippen molar-refractivity contribution in [3.63, 3.8) is 0 Å². The van der Waals surface area contributed by atoms with Crippen LogP contribution in [-0.4, -0.2) is 27.5 Å². The molecule has 0 saturated carbocycles. The van der Waals surface area contributed by atoms with E-state index in [-0.39, 0.29) is 11.9 Å². The molecule has 2 heterocycles. The lowest BCUT2D eigenvalue weighted by Crippen LogP contribution is -2.29. The second kappa shape index (κ2) is 5.91. The molecular weight excluding hydrogens is 266 g/mol. The number of amides is 1. The maximum Gasteiger partial charge on any atom is 0.249 e. The second-order valence-corrected chi connectivity index (χ2v) is 5.11. The Hall–Kier alpha value is -2.43. The number of aryl methyl sites for hydroxylation is 1. The highest BCUT2D eigenvalue weighted by molar-refractivity contribution is 5.92. The molecule has 0 unspecified atom stereocenters. The molecule has 1 aromatic heterocycles. The standard InChI is InChI=1S/C16H17N3O2/c1-12-17-16(21-18-12)14-8-5-11-19(14)15(20)10-9-13-6-3-2-4-7-13/h2-4,6-7,9-10,14H,5,8,11H2,1H3/b10-9+/t14-/m0/s1. The molecule has 3 rings (SSSR count). The Labute approximate surface area is 123 Å². The molecule has 1 amide bonds. The Kier molecular flexibility index (Phi) is 3.81. The first-order valence-corrected chi connectivity index (χ1v) is 7.08. The monoisotopic (exact) mass is 283 g/mol. The van der Waals surface area contributed by atoms with Gasteiger partial charge >= 0.3 is 0 Å². The van der Waals surface area contributed by atoms with Crippen molar-refractivity contribution in [2.45, 2.75) is 25.8 Å². The van der Waals surface area contributed by atoms with Gasteiger partial charge in [-0.2, -0.15) is 4.98 Å². The minimum Gasteiger partial charge on any atom is -0.337 e. The summed E-state index contributed by atoms with van der Waals surface area (Å²) in [6.45, 7) is 2.51. The van der Waals surface area contributed by atoms with Gasteiger partial charge in [0.05, 0.1) is 0 Å². The van der Waals surface area contributed by atoms with Gasteiger partial charge in [0.1, 0.15) is 6.04 Å². The predicted octanol–water partition coefficient (Wildman–Crippen LogP) is 2.75. The third-order valence-corrected chi connectivity index (χ3v) is 3.58. The first kappa shape index (κ1) is 13.5. The molecule has 1 fully saturated rings. The summed E-state index contributed by atoms with van der Waals surface area (Å²) < 4.78 is 5.21. The van der Waals surface area contributed by atoms with Crippen molar-refractivity contribution in [1.29, 1.82) is 0 Å². The minimum absolute atomic E-state index is 0.0165. The zero-order valence-corrected chi connectivity index (χ0v) is 11.9. The number of rotatable bonds is 3. The molecule has 5 heteroatoms. The summed E-state index contributed by atoms with van der Waals surface area (Å²) in [5, 5.41) is 3.81. The number of carbonyl (C=O) groups is 1. The molecular formula is C16H17N3O2. The molecule has 5 nitrogen and oxygen atoms in total. The number of carbonyl (C=O) groups excluding carboxylic acids is 1. The van der Waals surface area contributed by atoms with E-state index in [2.05, 4.69) is 10.1 Å². The zero-order valence-electron chi connectivity index (χ0n) is 11.9. The number of benzene rings is 1. The van der Waals surface area contributed by atoms with Gasteiger partial charge in [-0.1, -0.05) is 35.5 Å². The lowest BCUT2D eigenvalue weighted by atomic mass is 10.2. The van der Waals surface area contributed by atoms with Crippen LogP contribution in [0.25, 0.3) is 6.08 Å². The summed E-state index contributed by atoms with van der Waals surface area (Å²) in [7, 11) is 0. The molecule has 0 aliphatic carbocycles. The van der Waals surface area contributed by atoms with Gasteiger partial charge in [-0.3, -0.25) is 4.79 Å². The van der Waals surface area contributed by atoms with Crippen molar-refractivity contribution in [3.8, 4) is 0 Å². The van der Waals surface area contributed by atoms with Crippen LogP contribution in [0, 0.1) is 6.92 Å². The molecule has 108 valence electrons. The van der Waals surface area contributed by atoms with Crippen molar-refractivity contribution in [3.05, 3.63) is 53.7 Å². The fourth-order valence-electron chi connectivity index (χ4n) is 2.56. The van der Waals surface area contributed by atoms with Crippen LogP contribution in [-0.2, 0) is 4.79 Å². The maximum atomic E-state index is 12.4. The van der Waals surface area contributed by atoms with Gasteiger partial charge in [0.2, 0.25) is 11.8 Å². The molecule has 21 heavy (non-hydrogen) atoms. The molecule has 0 N–H and O–H groups in total. The molecule has 2 aromatic rings. The third-order valence-electron chi connectivity index (χ3n) is 3.58. The molecule has 1 aromatic carbocycles. The Balaban J connectivity index is 1.73. The van der Waals surface area contributed by atoms with E-state index in [0.717, 1.165) is 24.9 Å². The number of aromatic nitrogens is 2. The van der Waals surface area contributed by atoms with Gasteiger partial charge in [-0.25, -0.2) is 0 Å². The van der Waals surface area contributed by atoms with Crippen molar-refractivity contribution >= 4 is 12.0 Å². The van der Waals surface area contributed by atoms with E-state index < -0.39 is 0 Å². The summed E-state index contributed by atoms with van der Waals surface area (Å²) in [4.78, 5) is 18.4. The van der Waals surface area contributed by atoms with E-state index in [0.29, 0.717) is 11.7 Å². The second-order valence-electron chi connectivity index (χ2n) is 5.11. The number of likely N-dealkylation sites (tertiary alicyclic amines) is 1. The van der Waals surface area contributed by atoms with Gasteiger partial charge < -0.3 is 9.42 Å². The molecule has 0 spiro atoms. The van der Waals surface area contributed by atoms with Crippen LogP contribution in [0.1, 0.15) is 36.2 Å². The largest absolute Gasteiger partial charge is 0.337 e. The summed E-state index contributed by atoms with van der Waals surface area (Å²) >= 11 is 0. The first-order valence-electron chi connectivity index (χ1n) is 7.08. The van der Waals surface area contributed by atoms with E-state index in [9.17, 15) is 4.79 Å². The van der Waals surface area contributed by atoms with Gasteiger partial charge in [0.25, 0.3) is 0 Å². The molecule has 1 aliphatic heterocycles. The average molecular weight is 283 g/mol. The van der Waals surface area contributed by atoms with Crippen LogP contribution in [0.15, 0.2) is 40.9 Å². The first-order chi connectivity index (χ1) is 10.2. The molecule has 1 aliphatic rings. The Morgan fingerprint density at radius 3 is 2.90 bits per heavy atom. The van der Waals surface area contributed by atoms with Gasteiger partial charge in [-0.05, 0) is 31.4 Å². The number of hydrogen-bond donors (Lipinski definition) is 0. The fourth-order valence-corrected chi connectivity index (χ4v) is 2.56. The lowest BCUT2D eigenvalue weighted by Gasteiger charge is -2.20. The van der Waals surface area contributed by atoms with Crippen molar-refractivity contribution in [2.24, 2.45) is 0 Å². The quantitative estimate of drug-likeness (QED) is 0.813. The van der Waals surface area contributed by atoms with Crippen LogP contribution < -0.4 is 0 Å². The smallest absolute Gasteiger partial charge is 0.249 e. The maximum absolute atomic E-state index is 12.4. The fraction of sp³-hybridized carbons (Fsp3) is 0.312. The average Bonchev–Trinajstić information content (AvgIpc) is 3.14. The van der Waals surface area contributed by atoms with E-state index in [1.54, 1.807) is 17.9 Å². The molecule has 0 radical (unpaired) electrons. The molecule has 1 atom stereocenters. The Bertz CT molecular complexity index is 649. The summed E-state index contributed by atoms with van der Waals surface area (Å²) in [6, 6.07) is 9.68. The zero-order chi connectivity index (χ0) is 14.7. The summed E-state index contributed by atoms with van der Waals surface area (Å²) in [5.74, 6) is 1.12. The topological polar surface area (TPSA) is 59.2 Å². The molecule has 0 bridgehead atoms. The van der Waals surface area contributed by atoms with Crippen molar-refractivity contribution in [1.82, 2.24) is 15.0 Å². The van der Waals surface area contributed by atoms with Crippen LogP contribution in [0.5, 0.6) is 0 Å². The van der Waals surface area contributed by atoms with Gasteiger partial charge in [-0.15, -0.1) is 0 Å². The van der Waals surface area contributed by atoms with Crippen molar-refractivity contribution < 1.29 is 9.32 Å². The van der Waals surface area contributed by atoms with E-state index in [1.165, 1.54) is 0 Å². The Morgan fingerprint density at radius 2 is 2.19 bits per heavy atom. The van der Waals surface area contributed by atoms with Crippen molar-refractivity contribution in [2.75, 3.05) is 6.54 Å². The van der Waals surface area contributed by atoms with Crippen LogP contribution >= 0.6 is 0 Å². The molecule has 1 saturated heterocycles. The van der Waals surface area contributed by atoms with Crippen LogP contribution in [0.2, 0.25) is 0 Å². The highest BCUT2D eigenvalue weighted by Crippen LogP contribution is 2.31. The van der Waals surface area contributed by atoms with Crippen LogP contribution in [0.3, 0.4) is 0 Å². The van der Waals surface area contributed by atoms with E-state index in [1.807, 2.05) is 36.4 Å². The third kappa shape index (κ3) is 3.02. The van der Waals surface area contributed by atoms with Gasteiger partial charge in [0.15, 0.2) is 5.82 Å². The normalized spacial score (nSPS) is 18.5. The minimum atomic E-state index is -0.0980.